The van der Waals surface area contributed by atoms with Crippen molar-refractivity contribution >= 4 is 45.1 Å². The summed E-state index contributed by atoms with van der Waals surface area (Å²) in [6, 6.07) is 19.0. The standard InChI is InChI=1S/C26H16Cl2O5/c1-14-22(31-13-15-6-8-20(27)21(28)10-15)9-7-17-18(12-24(29)33-25(14)17)19-11-16-4-2-3-5-23(16)32-26(19)30/h2-12H,13H2,1H3. The lowest BCUT2D eigenvalue weighted by molar-refractivity contribution is 0.304. The lowest BCUT2D eigenvalue weighted by Gasteiger charge is -2.13. The van der Waals surface area contributed by atoms with Gasteiger partial charge in [-0.2, -0.15) is 0 Å². The summed E-state index contributed by atoms with van der Waals surface area (Å²) in [6.07, 6.45) is 0. The van der Waals surface area contributed by atoms with Gasteiger partial charge in [-0.15, -0.1) is 0 Å². The molecule has 0 fully saturated rings. The molecule has 0 atom stereocenters. The molecule has 0 N–H and O–H groups in total. The highest BCUT2D eigenvalue weighted by Gasteiger charge is 2.17. The van der Waals surface area contributed by atoms with Crippen LogP contribution in [0, 0.1) is 6.92 Å². The molecule has 0 amide bonds. The van der Waals surface area contributed by atoms with E-state index in [1.54, 1.807) is 49.4 Å². The molecule has 3 aromatic carbocycles. The molecule has 0 saturated carbocycles. The smallest absolute Gasteiger partial charge is 0.344 e. The van der Waals surface area contributed by atoms with Gasteiger partial charge in [0.25, 0.3) is 0 Å². The SMILES string of the molecule is Cc1c(OCc2ccc(Cl)c(Cl)c2)ccc2c(-c3cc4ccccc4oc3=O)cc(=O)oc12. The first-order valence-electron chi connectivity index (χ1n) is 10.1. The van der Waals surface area contributed by atoms with Crippen molar-refractivity contribution in [3.05, 3.63) is 109 Å². The maximum absolute atomic E-state index is 12.7. The van der Waals surface area contributed by atoms with Crippen molar-refractivity contribution in [2.24, 2.45) is 0 Å². The number of halogens is 2. The average Bonchev–Trinajstić information content (AvgIpc) is 2.80. The molecule has 164 valence electrons. The third kappa shape index (κ3) is 4.01. The molecule has 2 aromatic heterocycles. The van der Waals surface area contributed by atoms with Gasteiger partial charge >= 0.3 is 11.3 Å². The number of para-hydroxylation sites is 1. The quantitative estimate of drug-likeness (QED) is 0.267. The zero-order valence-electron chi connectivity index (χ0n) is 17.4. The predicted molar refractivity (Wildman–Crippen MR) is 129 cm³/mol. The van der Waals surface area contributed by atoms with E-state index in [1.807, 2.05) is 18.2 Å². The highest BCUT2D eigenvalue weighted by atomic mass is 35.5. The highest BCUT2D eigenvalue weighted by Crippen LogP contribution is 2.33. The monoisotopic (exact) mass is 478 g/mol. The fraction of sp³-hybridized carbons (Fsp3) is 0.0769. The zero-order chi connectivity index (χ0) is 23.1. The first-order chi connectivity index (χ1) is 15.9. The van der Waals surface area contributed by atoms with Crippen LogP contribution >= 0.6 is 23.2 Å². The van der Waals surface area contributed by atoms with Crippen LogP contribution in [0.2, 0.25) is 10.0 Å². The topological polar surface area (TPSA) is 69.7 Å². The number of rotatable bonds is 4. The molecule has 0 bridgehead atoms. The van der Waals surface area contributed by atoms with Crippen LogP contribution in [0.15, 0.2) is 85.2 Å². The summed E-state index contributed by atoms with van der Waals surface area (Å²) in [5.74, 6) is 0.541. The second kappa shape index (κ2) is 8.43. The summed E-state index contributed by atoms with van der Waals surface area (Å²) in [4.78, 5) is 25.1. The minimum atomic E-state index is -0.574. The molecule has 0 radical (unpaired) electrons. The fourth-order valence-corrected chi connectivity index (χ4v) is 4.08. The Labute approximate surface area is 197 Å². The Balaban J connectivity index is 1.59. The lowest BCUT2D eigenvalue weighted by atomic mass is 10.0. The number of hydrogen-bond acceptors (Lipinski definition) is 5. The van der Waals surface area contributed by atoms with Crippen molar-refractivity contribution in [1.82, 2.24) is 0 Å². The summed E-state index contributed by atoms with van der Waals surface area (Å²) < 4.78 is 16.9. The zero-order valence-corrected chi connectivity index (χ0v) is 18.9. The molecule has 5 rings (SSSR count). The Morgan fingerprint density at radius 3 is 2.48 bits per heavy atom. The van der Waals surface area contributed by atoms with E-state index in [9.17, 15) is 9.59 Å². The van der Waals surface area contributed by atoms with E-state index in [4.69, 9.17) is 36.8 Å². The molecule has 0 spiro atoms. The minimum Gasteiger partial charge on any atom is -0.488 e. The second-order valence-corrected chi connectivity index (χ2v) is 8.38. The molecule has 0 aliphatic carbocycles. The van der Waals surface area contributed by atoms with Gasteiger partial charge < -0.3 is 13.6 Å². The van der Waals surface area contributed by atoms with Crippen LogP contribution in [-0.4, -0.2) is 0 Å². The second-order valence-electron chi connectivity index (χ2n) is 7.57. The van der Waals surface area contributed by atoms with Crippen LogP contribution in [0.4, 0.5) is 0 Å². The molecule has 7 heteroatoms. The molecule has 2 heterocycles. The maximum Gasteiger partial charge on any atom is 0.344 e. The maximum atomic E-state index is 12.7. The fourth-order valence-electron chi connectivity index (χ4n) is 3.76. The van der Waals surface area contributed by atoms with Crippen molar-refractivity contribution in [3.8, 4) is 16.9 Å². The van der Waals surface area contributed by atoms with E-state index in [1.165, 1.54) is 6.07 Å². The third-order valence-corrected chi connectivity index (χ3v) is 6.16. The summed E-state index contributed by atoms with van der Waals surface area (Å²) in [5.41, 5.74) is 1.93. The summed E-state index contributed by atoms with van der Waals surface area (Å²) in [6.45, 7) is 2.05. The van der Waals surface area contributed by atoms with Gasteiger partial charge in [-0.05, 0) is 48.9 Å². The molecule has 33 heavy (non-hydrogen) atoms. The van der Waals surface area contributed by atoms with Crippen molar-refractivity contribution in [3.63, 3.8) is 0 Å². The number of hydrogen-bond donors (Lipinski definition) is 0. The van der Waals surface area contributed by atoms with Crippen molar-refractivity contribution < 1.29 is 13.6 Å². The van der Waals surface area contributed by atoms with E-state index < -0.39 is 11.3 Å². The average molecular weight is 479 g/mol. The van der Waals surface area contributed by atoms with Crippen LogP contribution in [-0.2, 0) is 6.61 Å². The van der Waals surface area contributed by atoms with E-state index in [-0.39, 0.29) is 12.2 Å². The van der Waals surface area contributed by atoms with Crippen molar-refractivity contribution in [2.75, 3.05) is 0 Å². The van der Waals surface area contributed by atoms with E-state index >= 15 is 0 Å². The number of ether oxygens (including phenoxy) is 1. The Morgan fingerprint density at radius 1 is 0.848 bits per heavy atom. The molecule has 0 unspecified atom stereocenters. The predicted octanol–water partition coefficient (Wildman–Crippen LogP) is 6.76. The highest BCUT2D eigenvalue weighted by molar-refractivity contribution is 6.42. The van der Waals surface area contributed by atoms with Gasteiger partial charge in [0.05, 0.1) is 15.6 Å². The Bertz CT molecular complexity index is 1650. The Kier molecular flexibility index (Phi) is 5.44. The van der Waals surface area contributed by atoms with Gasteiger partial charge in [0.15, 0.2) is 0 Å². The van der Waals surface area contributed by atoms with Gasteiger partial charge in [0.2, 0.25) is 0 Å². The Hall–Kier alpha value is -3.54. The summed E-state index contributed by atoms with van der Waals surface area (Å²) in [5, 5.41) is 2.27. The van der Waals surface area contributed by atoms with E-state index in [2.05, 4.69) is 0 Å². The van der Waals surface area contributed by atoms with Crippen LogP contribution in [0.25, 0.3) is 33.1 Å². The van der Waals surface area contributed by atoms with Crippen LogP contribution < -0.4 is 16.0 Å². The first kappa shape index (κ1) is 21.3. The normalized spacial score (nSPS) is 11.2. The molecular weight excluding hydrogens is 463 g/mol. The first-order valence-corrected chi connectivity index (χ1v) is 10.8. The number of aryl methyl sites for hydroxylation is 1. The van der Waals surface area contributed by atoms with Crippen LogP contribution in [0.1, 0.15) is 11.1 Å². The molecule has 0 saturated heterocycles. The largest absolute Gasteiger partial charge is 0.488 e. The number of fused-ring (bicyclic) bond motifs is 2. The molecule has 0 aliphatic heterocycles. The Morgan fingerprint density at radius 2 is 1.67 bits per heavy atom. The van der Waals surface area contributed by atoms with Gasteiger partial charge in [0.1, 0.15) is 23.5 Å². The third-order valence-electron chi connectivity index (χ3n) is 5.42. The molecular formula is C26H16Cl2O5. The van der Waals surface area contributed by atoms with Crippen LogP contribution in [0.5, 0.6) is 5.75 Å². The van der Waals surface area contributed by atoms with Crippen LogP contribution in [0.3, 0.4) is 0 Å². The molecule has 5 nitrogen and oxygen atoms in total. The van der Waals surface area contributed by atoms with Gasteiger partial charge in [-0.3, -0.25) is 0 Å². The van der Waals surface area contributed by atoms with Gasteiger partial charge in [-0.25, -0.2) is 9.59 Å². The lowest BCUT2D eigenvalue weighted by Crippen LogP contribution is -2.07. The number of benzene rings is 3. The summed E-state index contributed by atoms with van der Waals surface area (Å²) in [7, 11) is 0. The van der Waals surface area contributed by atoms with Crippen molar-refractivity contribution in [2.45, 2.75) is 13.5 Å². The van der Waals surface area contributed by atoms with Gasteiger partial charge in [0, 0.05) is 28.0 Å². The molecule has 5 aromatic rings. The summed E-state index contributed by atoms with van der Waals surface area (Å²) >= 11 is 12.0. The van der Waals surface area contributed by atoms with Gasteiger partial charge in [-0.1, -0.05) is 47.5 Å². The molecule has 0 aliphatic rings. The van der Waals surface area contributed by atoms with E-state index in [0.717, 1.165) is 10.9 Å². The minimum absolute atomic E-state index is 0.251. The van der Waals surface area contributed by atoms with E-state index in [0.29, 0.717) is 43.5 Å². The van der Waals surface area contributed by atoms with Crippen molar-refractivity contribution in [1.29, 1.82) is 0 Å².